The number of carbonyl (C=O) groups is 1. The molecule has 1 amide bonds. The molecule has 1 rings (SSSR count). The number of nitrogens with one attached hydrogen (secondary N) is 2. The Morgan fingerprint density at radius 3 is 2.79 bits per heavy atom. The highest BCUT2D eigenvalue weighted by molar-refractivity contribution is 5.80. The molecule has 0 unspecified atom stereocenters. The second kappa shape index (κ2) is 7.61. The van der Waals surface area contributed by atoms with Crippen LogP contribution in [-0.4, -0.2) is 37.6 Å². The molecule has 5 nitrogen and oxygen atoms in total. The summed E-state index contributed by atoms with van der Waals surface area (Å²) in [6.07, 6.45) is 0. The Balaban J connectivity index is 2.54. The summed E-state index contributed by atoms with van der Waals surface area (Å²) in [7, 11) is 1.87. The largest absolute Gasteiger partial charge is 0.370 e. The zero-order chi connectivity index (χ0) is 14.3. The summed E-state index contributed by atoms with van der Waals surface area (Å²) < 4.78 is 0. The van der Waals surface area contributed by atoms with Crippen LogP contribution in [0.4, 0.5) is 11.6 Å². The van der Waals surface area contributed by atoms with Crippen LogP contribution in [0.3, 0.4) is 0 Å². The average molecular weight is 264 g/mol. The van der Waals surface area contributed by atoms with Crippen molar-refractivity contribution in [2.45, 2.75) is 20.8 Å². The molecule has 1 aromatic rings. The Morgan fingerprint density at radius 2 is 2.16 bits per heavy atom. The number of carbonyl (C=O) groups excluding carboxylic acids is 1. The van der Waals surface area contributed by atoms with E-state index in [0.717, 1.165) is 18.2 Å². The maximum atomic E-state index is 11.7. The van der Waals surface area contributed by atoms with Crippen molar-refractivity contribution in [3.8, 4) is 0 Å². The first kappa shape index (κ1) is 15.3. The van der Waals surface area contributed by atoms with Crippen molar-refractivity contribution in [2.24, 2.45) is 5.92 Å². The Hall–Kier alpha value is -1.78. The molecule has 1 aromatic heterocycles. The minimum absolute atomic E-state index is 0.0202. The molecule has 0 atom stereocenters. The summed E-state index contributed by atoms with van der Waals surface area (Å²) in [4.78, 5) is 18.0. The molecule has 0 saturated carbocycles. The number of anilines is 2. The lowest BCUT2D eigenvalue weighted by Crippen LogP contribution is -2.37. The number of nitrogens with zero attached hydrogens (tertiary/aromatic N) is 2. The second-order valence-corrected chi connectivity index (χ2v) is 4.97. The number of amides is 1. The van der Waals surface area contributed by atoms with Crippen LogP contribution in [0.25, 0.3) is 0 Å². The van der Waals surface area contributed by atoms with Crippen LogP contribution in [0.2, 0.25) is 0 Å². The number of likely N-dealkylation sites (N-methyl/N-ethyl adjacent to an activating group) is 1. The minimum atomic E-state index is 0.0202. The van der Waals surface area contributed by atoms with Crippen LogP contribution in [0.15, 0.2) is 18.2 Å². The molecule has 106 valence electrons. The Labute approximate surface area is 115 Å². The van der Waals surface area contributed by atoms with Crippen LogP contribution >= 0.6 is 0 Å². The van der Waals surface area contributed by atoms with E-state index in [1.54, 1.807) is 0 Å². The average Bonchev–Trinajstić information content (AvgIpc) is 2.37. The van der Waals surface area contributed by atoms with E-state index in [1.165, 1.54) is 0 Å². The van der Waals surface area contributed by atoms with E-state index in [2.05, 4.69) is 29.5 Å². The van der Waals surface area contributed by atoms with Crippen molar-refractivity contribution in [2.75, 3.05) is 36.9 Å². The molecule has 0 aliphatic heterocycles. The van der Waals surface area contributed by atoms with Crippen LogP contribution in [0.1, 0.15) is 20.8 Å². The van der Waals surface area contributed by atoms with Gasteiger partial charge in [0, 0.05) is 20.1 Å². The Bertz CT molecular complexity index is 406. The van der Waals surface area contributed by atoms with Gasteiger partial charge in [0.2, 0.25) is 5.91 Å². The SMILES string of the molecule is CCNc1cccc(N(C)CC(=O)NCC(C)C)n1. The molecular weight excluding hydrogens is 240 g/mol. The highest BCUT2D eigenvalue weighted by Crippen LogP contribution is 2.12. The quantitative estimate of drug-likeness (QED) is 0.787. The first-order chi connectivity index (χ1) is 9.02. The molecule has 0 fully saturated rings. The zero-order valence-electron chi connectivity index (χ0n) is 12.2. The minimum Gasteiger partial charge on any atom is -0.370 e. The lowest BCUT2D eigenvalue weighted by molar-refractivity contribution is -0.119. The summed E-state index contributed by atoms with van der Waals surface area (Å²) in [5.41, 5.74) is 0. The van der Waals surface area contributed by atoms with Crippen LogP contribution in [0, 0.1) is 5.92 Å². The molecule has 0 bridgehead atoms. The van der Waals surface area contributed by atoms with Crippen LogP contribution in [-0.2, 0) is 4.79 Å². The number of aromatic nitrogens is 1. The molecule has 1 heterocycles. The van der Waals surface area contributed by atoms with E-state index in [4.69, 9.17) is 0 Å². The maximum absolute atomic E-state index is 11.7. The van der Waals surface area contributed by atoms with Gasteiger partial charge in [0.05, 0.1) is 6.54 Å². The number of pyridine rings is 1. The fourth-order valence-electron chi connectivity index (χ4n) is 1.59. The van der Waals surface area contributed by atoms with Gasteiger partial charge in [-0.25, -0.2) is 4.98 Å². The van der Waals surface area contributed by atoms with E-state index in [-0.39, 0.29) is 5.91 Å². The lowest BCUT2D eigenvalue weighted by atomic mass is 10.2. The van der Waals surface area contributed by atoms with Crippen molar-refractivity contribution in [1.29, 1.82) is 0 Å². The standard InChI is InChI=1S/C14H24N4O/c1-5-15-12-7-6-8-13(17-12)18(4)10-14(19)16-9-11(2)3/h6-8,11H,5,9-10H2,1-4H3,(H,15,17)(H,16,19). The third-order valence-corrected chi connectivity index (χ3v) is 2.57. The number of hydrogen-bond donors (Lipinski definition) is 2. The third-order valence-electron chi connectivity index (χ3n) is 2.57. The molecule has 2 N–H and O–H groups in total. The predicted molar refractivity (Wildman–Crippen MR) is 79.5 cm³/mol. The van der Waals surface area contributed by atoms with Gasteiger partial charge in [-0.3, -0.25) is 4.79 Å². The van der Waals surface area contributed by atoms with E-state index in [0.29, 0.717) is 19.0 Å². The zero-order valence-corrected chi connectivity index (χ0v) is 12.2. The number of rotatable bonds is 7. The summed E-state index contributed by atoms with van der Waals surface area (Å²) in [5, 5.41) is 6.06. The first-order valence-corrected chi connectivity index (χ1v) is 6.71. The maximum Gasteiger partial charge on any atom is 0.239 e. The molecule has 0 saturated heterocycles. The van der Waals surface area contributed by atoms with Gasteiger partial charge in [0.25, 0.3) is 0 Å². The summed E-state index contributed by atoms with van der Waals surface area (Å²) in [5.74, 6) is 2.10. The van der Waals surface area contributed by atoms with Crippen LogP contribution < -0.4 is 15.5 Å². The van der Waals surface area contributed by atoms with E-state index in [1.807, 2.05) is 37.1 Å². The fourth-order valence-corrected chi connectivity index (χ4v) is 1.59. The summed E-state index contributed by atoms with van der Waals surface area (Å²) >= 11 is 0. The van der Waals surface area contributed by atoms with Gasteiger partial charge in [-0.1, -0.05) is 19.9 Å². The Morgan fingerprint density at radius 1 is 1.42 bits per heavy atom. The summed E-state index contributed by atoms with van der Waals surface area (Å²) in [6, 6.07) is 5.75. The molecule has 5 heteroatoms. The first-order valence-electron chi connectivity index (χ1n) is 6.71. The van der Waals surface area contributed by atoms with Crippen LogP contribution in [0.5, 0.6) is 0 Å². The molecule has 0 aromatic carbocycles. The van der Waals surface area contributed by atoms with Crippen molar-refractivity contribution in [3.63, 3.8) is 0 Å². The van der Waals surface area contributed by atoms with Gasteiger partial charge in [-0.05, 0) is 25.0 Å². The molecule has 0 spiro atoms. The monoisotopic (exact) mass is 264 g/mol. The van der Waals surface area contributed by atoms with Crippen molar-refractivity contribution >= 4 is 17.5 Å². The molecule has 0 aliphatic rings. The van der Waals surface area contributed by atoms with Crippen molar-refractivity contribution in [1.82, 2.24) is 10.3 Å². The highest BCUT2D eigenvalue weighted by Gasteiger charge is 2.09. The molecule has 0 aliphatic carbocycles. The molecular formula is C14H24N4O. The van der Waals surface area contributed by atoms with Crippen molar-refractivity contribution in [3.05, 3.63) is 18.2 Å². The fraction of sp³-hybridized carbons (Fsp3) is 0.571. The van der Waals surface area contributed by atoms with Gasteiger partial charge >= 0.3 is 0 Å². The Kier molecular flexibility index (Phi) is 6.12. The molecule has 0 radical (unpaired) electrons. The van der Waals surface area contributed by atoms with Gasteiger partial charge in [0.1, 0.15) is 11.6 Å². The summed E-state index contributed by atoms with van der Waals surface area (Å²) in [6.45, 7) is 8.02. The van der Waals surface area contributed by atoms with E-state index < -0.39 is 0 Å². The third kappa shape index (κ3) is 5.59. The normalized spacial score (nSPS) is 10.4. The lowest BCUT2D eigenvalue weighted by Gasteiger charge is -2.19. The highest BCUT2D eigenvalue weighted by atomic mass is 16.2. The second-order valence-electron chi connectivity index (χ2n) is 4.97. The van der Waals surface area contributed by atoms with E-state index >= 15 is 0 Å². The predicted octanol–water partition coefficient (Wildman–Crippen LogP) is 1.72. The van der Waals surface area contributed by atoms with Gasteiger partial charge in [-0.2, -0.15) is 0 Å². The number of hydrogen-bond acceptors (Lipinski definition) is 4. The smallest absolute Gasteiger partial charge is 0.239 e. The molecule has 19 heavy (non-hydrogen) atoms. The topological polar surface area (TPSA) is 57.3 Å². The van der Waals surface area contributed by atoms with Crippen molar-refractivity contribution < 1.29 is 4.79 Å². The van der Waals surface area contributed by atoms with E-state index in [9.17, 15) is 4.79 Å². The van der Waals surface area contributed by atoms with Gasteiger partial charge in [0.15, 0.2) is 0 Å². The van der Waals surface area contributed by atoms with Gasteiger partial charge < -0.3 is 15.5 Å². The van der Waals surface area contributed by atoms with Gasteiger partial charge in [-0.15, -0.1) is 0 Å².